The van der Waals surface area contributed by atoms with Gasteiger partial charge < -0.3 is 9.47 Å². The SMILES string of the molecule is COc1ccc(OCc2nnc(SCC(=O)C34CC5CC(CC(C5)C3)C4)n2-c2ccccc2)cc1. The predicted octanol–water partition coefficient (Wildman–Crippen LogP) is 5.73. The Bertz CT molecular complexity index is 1160. The van der Waals surface area contributed by atoms with E-state index in [4.69, 9.17) is 9.47 Å². The van der Waals surface area contributed by atoms with Crippen LogP contribution in [0.5, 0.6) is 11.5 Å². The van der Waals surface area contributed by atoms with Crippen LogP contribution in [0.4, 0.5) is 0 Å². The number of Topliss-reactive ketones (excluding diaryl/α,β-unsaturated/α-hetero) is 1. The van der Waals surface area contributed by atoms with E-state index in [1.807, 2.05) is 59.2 Å². The second-order valence-electron chi connectivity index (χ2n) is 10.4. The molecule has 182 valence electrons. The first-order valence-electron chi connectivity index (χ1n) is 12.5. The number of ketones is 1. The summed E-state index contributed by atoms with van der Waals surface area (Å²) in [5.74, 6) is 5.40. The van der Waals surface area contributed by atoms with E-state index in [2.05, 4.69) is 10.2 Å². The molecule has 6 nitrogen and oxygen atoms in total. The molecular weight excluding hydrogens is 458 g/mol. The van der Waals surface area contributed by atoms with Gasteiger partial charge in [-0.3, -0.25) is 9.36 Å². The van der Waals surface area contributed by atoms with Crippen LogP contribution in [0.3, 0.4) is 0 Å². The van der Waals surface area contributed by atoms with Crippen molar-refractivity contribution in [2.45, 2.75) is 50.3 Å². The van der Waals surface area contributed by atoms with Gasteiger partial charge in [0.1, 0.15) is 23.9 Å². The van der Waals surface area contributed by atoms with Crippen molar-refractivity contribution in [3.05, 3.63) is 60.4 Å². The number of nitrogens with zero attached hydrogens (tertiary/aromatic N) is 3. The molecule has 35 heavy (non-hydrogen) atoms. The summed E-state index contributed by atoms with van der Waals surface area (Å²) in [6, 6.07) is 17.5. The fourth-order valence-electron chi connectivity index (χ4n) is 6.88. The van der Waals surface area contributed by atoms with Crippen molar-refractivity contribution in [3.63, 3.8) is 0 Å². The number of carbonyl (C=O) groups excluding carboxylic acids is 1. The van der Waals surface area contributed by atoms with Crippen molar-refractivity contribution in [3.8, 4) is 17.2 Å². The lowest BCUT2D eigenvalue weighted by molar-refractivity contribution is -0.141. The number of ether oxygens (including phenoxy) is 2. The number of hydrogen-bond acceptors (Lipinski definition) is 6. The maximum absolute atomic E-state index is 13.6. The lowest BCUT2D eigenvalue weighted by atomic mass is 9.48. The Kier molecular flexibility index (Phi) is 6.04. The third kappa shape index (κ3) is 4.46. The normalized spacial score (nSPS) is 26.6. The monoisotopic (exact) mass is 489 g/mol. The standard InChI is InChI=1S/C28H31N3O3S/c1-33-23-7-9-24(10-8-23)34-17-26-29-30-27(31(26)22-5-3-2-4-6-22)35-18-25(32)28-14-19-11-20(15-28)13-21(12-19)16-28/h2-10,19-21H,11-18H2,1H3. The van der Waals surface area contributed by atoms with Crippen molar-refractivity contribution >= 4 is 17.5 Å². The Morgan fingerprint density at radius 1 is 0.943 bits per heavy atom. The number of carbonyl (C=O) groups is 1. The summed E-state index contributed by atoms with van der Waals surface area (Å²) in [5, 5.41) is 9.66. The van der Waals surface area contributed by atoms with Gasteiger partial charge in [0.15, 0.2) is 11.0 Å². The first-order chi connectivity index (χ1) is 17.1. The van der Waals surface area contributed by atoms with Gasteiger partial charge in [0.05, 0.1) is 12.9 Å². The van der Waals surface area contributed by atoms with Gasteiger partial charge in [-0.2, -0.15) is 0 Å². The molecule has 1 aromatic heterocycles. The topological polar surface area (TPSA) is 66.2 Å². The molecule has 4 saturated carbocycles. The summed E-state index contributed by atoms with van der Waals surface area (Å²) in [7, 11) is 1.64. The first kappa shape index (κ1) is 22.7. The number of rotatable bonds is 9. The van der Waals surface area contributed by atoms with Crippen LogP contribution in [0.25, 0.3) is 5.69 Å². The smallest absolute Gasteiger partial charge is 0.196 e. The number of benzene rings is 2. The molecule has 0 saturated heterocycles. The Morgan fingerprint density at radius 3 is 2.20 bits per heavy atom. The van der Waals surface area contributed by atoms with Crippen LogP contribution in [0.15, 0.2) is 59.8 Å². The molecule has 3 aromatic rings. The molecule has 0 unspecified atom stereocenters. The number of hydrogen-bond donors (Lipinski definition) is 0. The van der Waals surface area contributed by atoms with Crippen LogP contribution < -0.4 is 9.47 Å². The molecule has 0 amide bonds. The van der Waals surface area contributed by atoms with Gasteiger partial charge in [-0.05, 0) is 92.7 Å². The van der Waals surface area contributed by atoms with Crippen molar-refractivity contribution in [2.24, 2.45) is 23.2 Å². The minimum atomic E-state index is -0.0837. The highest BCUT2D eigenvalue weighted by atomic mass is 32.2. The molecule has 1 heterocycles. The van der Waals surface area contributed by atoms with Gasteiger partial charge in [-0.1, -0.05) is 30.0 Å². The predicted molar refractivity (Wildman–Crippen MR) is 135 cm³/mol. The fourth-order valence-corrected chi connectivity index (χ4v) is 7.88. The zero-order valence-corrected chi connectivity index (χ0v) is 20.9. The highest BCUT2D eigenvalue weighted by molar-refractivity contribution is 7.99. The highest BCUT2D eigenvalue weighted by Crippen LogP contribution is 2.60. The highest BCUT2D eigenvalue weighted by Gasteiger charge is 2.54. The van der Waals surface area contributed by atoms with Crippen molar-refractivity contribution in [1.82, 2.24) is 14.8 Å². The van der Waals surface area contributed by atoms with E-state index in [0.29, 0.717) is 17.4 Å². The zero-order chi connectivity index (χ0) is 23.8. The fraction of sp³-hybridized carbons (Fsp3) is 0.464. The molecule has 4 aliphatic carbocycles. The molecule has 7 heteroatoms. The van der Waals surface area contributed by atoms with Crippen LogP contribution in [-0.4, -0.2) is 33.4 Å². The summed E-state index contributed by atoms with van der Waals surface area (Å²) >= 11 is 1.51. The van der Waals surface area contributed by atoms with Gasteiger partial charge in [-0.15, -0.1) is 10.2 Å². The molecule has 7 rings (SSSR count). The van der Waals surface area contributed by atoms with E-state index in [1.165, 1.54) is 31.0 Å². The lowest BCUT2D eigenvalue weighted by Gasteiger charge is -2.56. The van der Waals surface area contributed by atoms with Crippen LogP contribution in [0, 0.1) is 23.2 Å². The van der Waals surface area contributed by atoms with E-state index in [9.17, 15) is 4.79 Å². The minimum absolute atomic E-state index is 0.0837. The van der Waals surface area contributed by atoms with Crippen LogP contribution >= 0.6 is 11.8 Å². The number of thioether (sulfide) groups is 1. The Morgan fingerprint density at radius 2 is 1.57 bits per heavy atom. The molecule has 4 bridgehead atoms. The third-order valence-corrected chi connectivity index (χ3v) is 9.03. The molecule has 0 N–H and O–H groups in total. The van der Waals surface area contributed by atoms with Crippen LogP contribution in [-0.2, 0) is 11.4 Å². The Labute approximate surface area is 210 Å². The van der Waals surface area contributed by atoms with Crippen LogP contribution in [0.2, 0.25) is 0 Å². The zero-order valence-electron chi connectivity index (χ0n) is 20.1. The average Bonchev–Trinajstić information content (AvgIpc) is 3.28. The van der Waals surface area contributed by atoms with Crippen molar-refractivity contribution in [1.29, 1.82) is 0 Å². The molecular formula is C28H31N3O3S. The lowest BCUT2D eigenvalue weighted by Crippen LogP contribution is -2.50. The summed E-state index contributed by atoms with van der Waals surface area (Å²) in [5.41, 5.74) is 0.884. The Hall–Kier alpha value is -2.80. The maximum Gasteiger partial charge on any atom is 0.196 e. The van der Waals surface area contributed by atoms with E-state index in [1.54, 1.807) is 7.11 Å². The van der Waals surface area contributed by atoms with E-state index in [0.717, 1.165) is 59.4 Å². The molecule has 4 fully saturated rings. The molecule has 4 aliphatic rings. The molecule has 0 aliphatic heterocycles. The minimum Gasteiger partial charge on any atom is -0.497 e. The van der Waals surface area contributed by atoms with E-state index >= 15 is 0 Å². The second-order valence-corrected chi connectivity index (χ2v) is 11.4. The first-order valence-corrected chi connectivity index (χ1v) is 13.5. The maximum atomic E-state index is 13.6. The average molecular weight is 490 g/mol. The number of aromatic nitrogens is 3. The number of para-hydroxylation sites is 1. The van der Waals surface area contributed by atoms with Gasteiger partial charge in [0.25, 0.3) is 0 Å². The van der Waals surface area contributed by atoms with Crippen LogP contribution in [0.1, 0.15) is 44.3 Å². The van der Waals surface area contributed by atoms with E-state index < -0.39 is 0 Å². The molecule has 0 radical (unpaired) electrons. The van der Waals surface area contributed by atoms with Gasteiger partial charge in [0.2, 0.25) is 0 Å². The summed E-state index contributed by atoms with van der Waals surface area (Å²) in [4.78, 5) is 13.6. The van der Waals surface area contributed by atoms with Crippen molar-refractivity contribution < 1.29 is 14.3 Å². The molecule has 0 atom stereocenters. The summed E-state index contributed by atoms with van der Waals surface area (Å²) in [6.07, 6.45) is 7.35. The van der Waals surface area contributed by atoms with Gasteiger partial charge in [0, 0.05) is 11.1 Å². The van der Waals surface area contributed by atoms with Crippen molar-refractivity contribution in [2.75, 3.05) is 12.9 Å². The second kappa shape index (κ2) is 9.34. The van der Waals surface area contributed by atoms with Gasteiger partial charge >= 0.3 is 0 Å². The molecule has 0 spiro atoms. The molecule has 2 aromatic carbocycles. The summed E-state index contributed by atoms with van der Waals surface area (Å²) in [6.45, 7) is 0.276. The van der Waals surface area contributed by atoms with Gasteiger partial charge in [-0.25, -0.2) is 0 Å². The third-order valence-electron chi connectivity index (χ3n) is 8.10. The largest absolute Gasteiger partial charge is 0.497 e. The number of methoxy groups -OCH3 is 1. The Balaban J connectivity index is 1.19. The summed E-state index contributed by atoms with van der Waals surface area (Å²) < 4.78 is 13.2. The quantitative estimate of drug-likeness (QED) is 0.358. The van der Waals surface area contributed by atoms with E-state index in [-0.39, 0.29) is 12.0 Å².